The topological polar surface area (TPSA) is 56.7 Å². The van der Waals surface area contributed by atoms with Gasteiger partial charge in [0.1, 0.15) is 0 Å². The third kappa shape index (κ3) is 1.79. The molecule has 6 heteroatoms. The second-order valence-electron chi connectivity index (χ2n) is 5.14. The van der Waals surface area contributed by atoms with Gasteiger partial charge in [-0.1, -0.05) is 11.6 Å². The van der Waals surface area contributed by atoms with Gasteiger partial charge in [0.05, 0.1) is 16.9 Å². The maximum absolute atomic E-state index is 10.8. The minimum Gasteiger partial charge on any atom is -0.465 e. The van der Waals surface area contributed by atoms with Crippen molar-refractivity contribution in [2.24, 2.45) is 5.41 Å². The number of hydrogen-bond donors (Lipinski definition) is 1. The minimum absolute atomic E-state index is 0.123. The molecule has 18 heavy (non-hydrogen) atoms. The summed E-state index contributed by atoms with van der Waals surface area (Å²) in [6, 6.07) is 1.78. The average molecular weight is 268 g/mol. The number of nitrogens with zero attached hydrogens (tertiary/aromatic N) is 3. The van der Waals surface area contributed by atoms with Crippen LogP contribution >= 0.6 is 11.6 Å². The van der Waals surface area contributed by atoms with Crippen LogP contribution in [0.3, 0.4) is 0 Å². The van der Waals surface area contributed by atoms with E-state index >= 15 is 0 Å². The minimum atomic E-state index is -0.821. The summed E-state index contributed by atoms with van der Waals surface area (Å²) in [6.07, 6.45) is 3.64. The number of rotatable bonds is 1. The summed E-state index contributed by atoms with van der Waals surface area (Å²) in [6.45, 7) is 3.05. The van der Waals surface area contributed by atoms with Gasteiger partial charge in [-0.25, -0.2) is 4.79 Å². The first-order valence-corrected chi connectivity index (χ1v) is 6.30. The van der Waals surface area contributed by atoms with E-state index < -0.39 is 6.09 Å². The molecule has 1 N–H and O–H groups in total. The Labute approximate surface area is 110 Å². The Balaban J connectivity index is 1.70. The van der Waals surface area contributed by atoms with E-state index in [9.17, 15) is 4.79 Å². The normalized spacial score (nSPS) is 21.2. The number of pyridine rings is 1. The molecule has 2 fully saturated rings. The van der Waals surface area contributed by atoms with Crippen LogP contribution in [0.2, 0.25) is 5.02 Å². The Morgan fingerprint density at radius 3 is 2.89 bits per heavy atom. The largest absolute Gasteiger partial charge is 0.465 e. The lowest BCUT2D eigenvalue weighted by Gasteiger charge is -2.46. The molecule has 0 bridgehead atoms. The monoisotopic (exact) mass is 267 g/mol. The van der Waals surface area contributed by atoms with Gasteiger partial charge in [-0.05, 0) is 12.5 Å². The first kappa shape index (κ1) is 11.6. The van der Waals surface area contributed by atoms with Gasteiger partial charge >= 0.3 is 6.09 Å². The SMILES string of the molecule is O=C(O)N1CC2(CCN(c3cnccc3Cl)C2)C1. The number of amides is 1. The van der Waals surface area contributed by atoms with Crippen LogP contribution in [0.15, 0.2) is 18.5 Å². The molecular formula is C12H14ClN3O2. The molecule has 96 valence electrons. The van der Waals surface area contributed by atoms with E-state index in [0.29, 0.717) is 18.1 Å². The molecule has 1 amide bonds. The van der Waals surface area contributed by atoms with Crippen LogP contribution in [0.25, 0.3) is 0 Å². The van der Waals surface area contributed by atoms with Gasteiger partial charge in [0.15, 0.2) is 0 Å². The van der Waals surface area contributed by atoms with Crippen molar-refractivity contribution < 1.29 is 9.90 Å². The van der Waals surface area contributed by atoms with Crippen LogP contribution < -0.4 is 4.90 Å². The fourth-order valence-corrected chi connectivity index (χ4v) is 3.12. The van der Waals surface area contributed by atoms with Gasteiger partial charge in [0.25, 0.3) is 0 Å². The third-order valence-electron chi connectivity index (χ3n) is 3.85. The molecule has 1 aromatic heterocycles. The maximum atomic E-state index is 10.8. The average Bonchev–Trinajstić information content (AvgIpc) is 2.72. The van der Waals surface area contributed by atoms with Crippen molar-refractivity contribution in [1.82, 2.24) is 9.88 Å². The first-order valence-electron chi connectivity index (χ1n) is 5.92. The molecule has 1 spiro atoms. The lowest BCUT2D eigenvalue weighted by molar-refractivity contribution is 0.0252. The van der Waals surface area contributed by atoms with E-state index in [-0.39, 0.29) is 5.41 Å². The molecule has 3 rings (SSSR count). The zero-order valence-corrected chi connectivity index (χ0v) is 10.6. The zero-order valence-electron chi connectivity index (χ0n) is 9.84. The molecule has 0 atom stereocenters. The fraction of sp³-hybridized carbons (Fsp3) is 0.500. The Hall–Kier alpha value is -1.49. The highest BCUT2D eigenvalue weighted by Crippen LogP contribution is 2.42. The number of anilines is 1. The molecule has 0 saturated carbocycles. The number of halogens is 1. The Bertz CT molecular complexity index is 488. The number of aromatic nitrogens is 1. The zero-order chi connectivity index (χ0) is 12.8. The standard InChI is InChI=1S/C12H14ClN3O2/c13-9-1-3-14-5-10(9)15-4-2-12(6-15)7-16(8-12)11(17)18/h1,3,5H,2,4,6-8H2,(H,17,18). The third-order valence-corrected chi connectivity index (χ3v) is 4.17. The van der Waals surface area contributed by atoms with Crippen molar-refractivity contribution >= 4 is 23.4 Å². The van der Waals surface area contributed by atoms with Gasteiger partial charge < -0.3 is 14.9 Å². The number of likely N-dealkylation sites (tertiary alicyclic amines) is 1. The van der Waals surface area contributed by atoms with Crippen LogP contribution in [0.1, 0.15) is 6.42 Å². The van der Waals surface area contributed by atoms with Gasteiger partial charge in [-0.15, -0.1) is 0 Å². The van der Waals surface area contributed by atoms with Crippen LogP contribution in [-0.4, -0.2) is 47.3 Å². The van der Waals surface area contributed by atoms with E-state index in [4.69, 9.17) is 16.7 Å². The molecule has 2 aliphatic heterocycles. The predicted molar refractivity (Wildman–Crippen MR) is 68.1 cm³/mol. The highest BCUT2D eigenvalue weighted by atomic mass is 35.5. The summed E-state index contributed by atoms with van der Waals surface area (Å²) in [5.41, 5.74) is 1.07. The summed E-state index contributed by atoms with van der Waals surface area (Å²) in [5.74, 6) is 0. The highest BCUT2D eigenvalue weighted by molar-refractivity contribution is 6.33. The lowest BCUT2D eigenvalue weighted by atomic mass is 9.79. The molecule has 1 aromatic rings. The summed E-state index contributed by atoms with van der Waals surface area (Å²) >= 11 is 6.15. The van der Waals surface area contributed by atoms with E-state index in [2.05, 4.69) is 9.88 Å². The summed E-state index contributed by atoms with van der Waals surface area (Å²) in [7, 11) is 0. The molecule has 5 nitrogen and oxygen atoms in total. The maximum Gasteiger partial charge on any atom is 0.407 e. The Morgan fingerprint density at radius 1 is 1.44 bits per heavy atom. The van der Waals surface area contributed by atoms with Crippen molar-refractivity contribution in [2.75, 3.05) is 31.1 Å². The van der Waals surface area contributed by atoms with Gasteiger partial charge in [0.2, 0.25) is 0 Å². The summed E-state index contributed by atoms with van der Waals surface area (Å²) in [5, 5.41) is 9.59. The van der Waals surface area contributed by atoms with Crippen LogP contribution in [0, 0.1) is 5.41 Å². The Morgan fingerprint density at radius 2 is 2.22 bits per heavy atom. The van der Waals surface area contributed by atoms with Crippen LogP contribution in [0.5, 0.6) is 0 Å². The van der Waals surface area contributed by atoms with E-state index in [1.54, 1.807) is 18.5 Å². The first-order chi connectivity index (χ1) is 8.60. The smallest absolute Gasteiger partial charge is 0.407 e. The van der Waals surface area contributed by atoms with Gasteiger partial charge in [-0.2, -0.15) is 0 Å². The lowest BCUT2D eigenvalue weighted by Crippen LogP contribution is -2.59. The Kier molecular flexibility index (Phi) is 2.59. The number of carboxylic acid groups (broad SMARTS) is 1. The molecule has 0 aromatic carbocycles. The number of hydrogen-bond acceptors (Lipinski definition) is 3. The second kappa shape index (κ2) is 4.02. The van der Waals surface area contributed by atoms with E-state index in [0.717, 1.165) is 25.2 Å². The van der Waals surface area contributed by atoms with Crippen LogP contribution in [0.4, 0.5) is 10.5 Å². The molecule has 2 saturated heterocycles. The van der Waals surface area contributed by atoms with Crippen LogP contribution in [-0.2, 0) is 0 Å². The van der Waals surface area contributed by atoms with Crippen molar-refractivity contribution in [3.63, 3.8) is 0 Å². The fourth-order valence-electron chi connectivity index (χ4n) is 2.90. The molecule has 2 aliphatic rings. The van der Waals surface area contributed by atoms with Crippen molar-refractivity contribution in [3.05, 3.63) is 23.5 Å². The molecule has 0 radical (unpaired) electrons. The van der Waals surface area contributed by atoms with Gasteiger partial charge in [0, 0.05) is 37.8 Å². The predicted octanol–water partition coefficient (Wildman–Crippen LogP) is 1.93. The van der Waals surface area contributed by atoms with Gasteiger partial charge in [-0.3, -0.25) is 4.98 Å². The van der Waals surface area contributed by atoms with E-state index in [1.807, 2.05) is 0 Å². The molecule has 3 heterocycles. The summed E-state index contributed by atoms with van der Waals surface area (Å²) < 4.78 is 0. The molecule has 0 unspecified atom stereocenters. The molecular weight excluding hydrogens is 254 g/mol. The molecule has 0 aliphatic carbocycles. The van der Waals surface area contributed by atoms with Crippen molar-refractivity contribution in [2.45, 2.75) is 6.42 Å². The summed E-state index contributed by atoms with van der Waals surface area (Å²) in [4.78, 5) is 18.6. The van der Waals surface area contributed by atoms with Crippen molar-refractivity contribution in [1.29, 1.82) is 0 Å². The quantitative estimate of drug-likeness (QED) is 0.845. The van der Waals surface area contributed by atoms with Crippen molar-refractivity contribution in [3.8, 4) is 0 Å². The number of carbonyl (C=O) groups is 1. The highest BCUT2D eigenvalue weighted by Gasteiger charge is 2.49. The second-order valence-corrected chi connectivity index (χ2v) is 5.54. The van der Waals surface area contributed by atoms with E-state index in [1.165, 1.54) is 4.90 Å².